The Morgan fingerprint density at radius 2 is 2.08 bits per heavy atom. The molecule has 2 aliphatic rings. The molecule has 1 unspecified atom stereocenters. The second-order valence-electron chi connectivity index (χ2n) is 6.50. The monoisotopic (exact) mass is 339 g/mol. The lowest BCUT2D eigenvalue weighted by Crippen LogP contribution is -2.44. The molecule has 0 radical (unpaired) electrons. The molecule has 1 atom stereocenters. The van der Waals surface area contributed by atoms with Gasteiger partial charge in [-0.05, 0) is 37.0 Å². The normalized spacial score (nSPS) is 18.4. The first-order valence-corrected chi connectivity index (χ1v) is 8.71. The second-order valence-corrected chi connectivity index (χ2v) is 6.50. The minimum absolute atomic E-state index is 0.00880. The Hall–Kier alpha value is -2.76. The molecule has 0 fully saturated rings. The number of hydrogen-bond donors (Lipinski definition) is 2. The van der Waals surface area contributed by atoms with Crippen molar-refractivity contribution in [2.24, 2.45) is 0 Å². The van der Waals surface area contributed by atoms with Crippen molar-refractivity contribution < 1.29 is 14.0 Å². The zero-order chi connectivity index (χ0) is 17.2. The number of nitrogens with zero attached hydrogens (tertiary/aromatic N) is 1. The Morgan fingerprint density at radius 1 is 1.20 bits per heavy atom. The van der Waals surface area contributed by atoms with Gasteiger partial charge in [-0.25, -0.2) is 4.79 Å². The molecule has 1 aliphatic heterocycles. The molecule has 1 aromatic heterocycles. The van der Waals surface area contributed by atoms with Crippen LogP contribution in [-0.4, -0.2) is 25.0 Å². The molecule has 0 spiro atoms. The summed E-state index contributed by atoms with van der Waals surface area (Å²) in [5, 5.41) is 5.63. The van der Waals surface area contributed by atoms with Gasteiger partial charge in [-0.15, -0.1) is 0 Å². The number of furan rings is 1. The van der Waals surface area contributed by atoms with Gasteiger partial charge in [0.15, 0.2) is 0 Å². The number of carbonyl (C=O) groups is 2. The summed E-state index contributed by atoms with van der Waals surface area (Å²) >= 11 is 0. The van der Waals surface area contributed by atoms with Gasteiger partial charge in [0.2, 0.25) is 5.91 Å². The SMILES string of the molecule is O=C(NCC(=O)N1CCc2ccccc21)NC1CCCc2occc21. The van der Waals surface area contributed by atoms with Crippen LogP contribution in [0.2, 0.25) is 0 Å². The van der Waals surface area contributed by atoms with Crippen LogP contribution in [0.3, 0.4) is 0 Å². The van der Waals surface area contributed by atoms with Gasteiger partial charge in [0.1, 0.15) is 5.76 Å². The summed E-state index contributed by atoms with van der Waals surface area (Å²) in [5.41, 5.74) is 3.17. The number of urea groups is 1. The average molecular weight is 339 g/mol. The van der Waals surface area contributed by atoms with E-state index < -0.39 is 0 Å². The van der Waals surface area contributed by atoms with Gasteiger partial charge in [0.05, 0.1) is 18.8 Å². The van der Waals surface area contributed by atoms with Crippen LogP contribution in [0.4, 0.5) is 10.5 Å². The first-order valence-electron chi connectivity index (χ1n) is 8.71. The van der Waals surface area contributed by atoms with Crippen molar-refractivity contribution in [3.8, 4) is 0 Å². The molecule has 3 amide bonds. The number of benzene rings is 1. The molecule has 6 heteroatoms. The lowest BCUT2D eigenvalue weighted by molar-refractivity contribution is -0.117. The zero-order valence-electron chi connectivity index (χ0n) is 14.0. The third-order valence-electron chi connectivity index (χ3n) is 4.95. The predicted molar refractivity (Wildman–Crippen MR) is 93.4 cm³/mol. The molecule has 25 heavy (non-hydrogen) atoms. The fraction of sp³-hybridized carbons (Fsp3) is 0.368. The van der Waals surface area contributed by atoms with E-state index in [1.54, 1.807) is 11.2 Å². The summed E-state index contributed by atoms with van der Waals surface area (Å²) in [4.78, 5) is 26.4. The zero-order valence-corrected chi connectivity index (χ0v) is 14.0. The van der Waals surface area contributed by atoms with E-state index in [2.05, 4.69) is 10.6 Å². The van der Waals surface area contributed by atoms with Gasteiger partial charge in [0, 0.05) is 24.2 Å². The van der Waals surface area contributed by atoms with Crippen LogP contribution in [0.1, 0.15) is 35.8 Å². The maximum absolute atomic E-state index is 12.4. The van der Waals surface area contributed by atoms with E-state index in [0.717, 1.165) is 42.7 Å². The Kier molecular flexibility index (Phi) is 4.17. The quantitative estimate of drug-likeness (QED) is 0.902. The summed E-state index contributed by atoms with van der Waals surface area (Å²) in [6.07, 6.45) is 5.30. The molecular weight excluding hydrogens is 318 g/mol. The van der Waals surface area contributed by atoms with Crippen LogP contribution in [-0.2, 0) is 17.6 Å². The molecule has 0 saturated carbocycles. The van der Waals surface area contributed by atoms with Crippen molar-refractivity contribution in [1.82, 2.24) is 10.6 Å². The molecule has 2 heterocycles. The fourth-order valence-electron chi connectivity index (χ4n) is 3.69. The van der Waals surface area contributed by atoms with E-state index in [-0.39, 0.29) is 24.5 Å². The first-order chi connectivity index (χ1) is 12.2. The van der Waals surface area contributed by atoms with Crippen molar-refractivity contribution in [3.05, 3.63) is 53.5 Å². The minimum atomic E-state index is -0.320. The highest BCUT2D eigenvalue weighted by Gasteiger charge is 2.26. The Balaban J connectivity index is 1.32. The van der Waals surface area contributed by atoms with Crippen LogP contribution in [0.5, 0.6) is 0 Å². The molecule has 4 rings (SSSR count). The molecule has 2 aromatic rings. The largest absolute Gasteiger partial charge is 0.469 e. The number of rotatable bonds is 3. The Bertz CT molecular complexity index is 799. The van der Waals surface area contributed by atoms with E-state index in [1.807, 2.05) is 30.3 Å². The minimum Gasteiger partial charge on any atom is -0.469 e. The van der Waals surface area contributed by atoms with Crippen molar-refractivity contribution >= 4 is 17.6 Å². The van der Waals surface area contributed by atoms with Crippen molar-refractivity contribution in [3.63, 3.8) is 0 Å². The van der Waals surface area contributed by atoms with Crippen LogP contribution in [0.25, 0.3) is 0 Å². The van der Waals surface area contributed by atoms with Crippen molar-refractivity contribution in [2.45, 2.75) is 31.7 Å². The molecule has 130 valence electrons. The topological polar surface area (TPSA) is 74.6 Å². The number of aryl methyl sites for hydroxylation is 1. The van der Waals surface area contributed by atoms with E-state index in [0.29, 0.717) is 6.54 Å². The van der Waals surface area contributed by atoms with Gasteiger partial charge >= 0.3 is 6.03 Å². The summed E-state index contributed by atoms with van der Waals surface area (Å²) in [7, 11) is 0. The Labute approximate surface area is 146 Å². The highest BCUT2D eigenvalue weighted by molar-refractivity contribution is 5.98. The van der Waals surface area contributed by atoms with Crippen LogP contribution in [0, 0.1) is 0 Å². The van der Waals surface area contributed by atoms with Gasteiger partial charge in [0.25, 0.3) is 0 Å². The van der Waals surface area contributed by atoms with E-state index in [1.165, 1.54) is 5.56 Å². The van der Waals surface area contributed by atoms with E-state index >= 15 is 0 Å². The molecule has 1 aliphatic carbocycles. The molecule has 0 saturated heterocycles. The fourth-order valence-corrected chi connectivity index (χ4v) is 3.69. The average Bonchev–Trinajstić information content (AvgIpc) is 3.27. The highest BCUT2D eigenvalue weighted by Crippen LogP contribution is 2.30. The molecular formula is C19H21N3O3. The Morgan fingerprint density at radius 3 is 3.00 bits per heavy atom. The third-order valence-corrected chi connectivity index (χ3v) is 4.95. The lowest BCUT2D eigenvalue weighted by atomic mass is 9.93. The van der Waals surface area contributed by atoms with Crippen LogP contribution in [0.15, 0.2) is 41.0 Å². The van der Waals surface area contributed by atoms with Gasteiger partial charge in [-0.3, -0.25) is 4.79 Å². The number of para-hydroxylation sites is 1. The summed E-state index contributed by atoms with van der Waals surface area (Å²) in [6.45, 7) is 0.660. The molecule has 6 nitrogen and oxygen atoms in total. The number of fused-ring (bicyclic) bond motifs is 2. The maximum Gasteiger partial charge on any atom is 0.315 e. The van der Waals surface area contributed by atoms with E-state index in [9.17, 15) is 9.59 Å². The number of amides is 3. The molecule has 2 N–H and O–H groups in total. The van der Waals surface area contributed by atoms with E-state index in [4.69, 9.17) is 4.42 Å². The number of carbonyl (C=O) groups excluding carboxylic acids is 2. The summed E-state index contributed by atoms with van der Waals surface area (Å²) < 4.78 is 5.43. The molecule has 1 aromatic carbocycles. The number of nitrogens with one attached hydrogen (secondary N) is 2. The highest BCUT2D eigenvalue weighted by atomic mass is 16.3. The summed E-state index contributed by atoms with van der Waals surface area (Å²) in [6, 6.07) is 9.43. The second kappa shape index (κ2) is 6.63. The lowest BCUT2D eigenvalue weighted by Gasteiger charge is -2.23. The predicted octanol–water partition coefficient (Wildman–Crippen LogP) is 2.55. The van der Waals surface area contributed by atoms with Crippen molar-refractivity contribution in [2.75, 3.05) is 18.0 Å². The van der Waals surface area contributed by atoms with Crippen LogP contribution >= 0.6 is 0 Å². The van der Waals surface area contributed by atoms with Gasteiger partial charge in [-0.1, -0.05) is 18.2 Å². The van der Waals surface area contributed by atoms with Gasteiger partial charge < -0.3 is 20.0 Å². The van der Waals surface area contributed by atoms with Crippen LogP contribution < -0.4 is 15.5 Å². The smallest absolute Gasteiger partial charge is 0.315 e. The van der Waals surface area contributed by atoms with Crippen molar-refractivity contribution in [1.29, 1.82) is 0 Å². The van der Waals surface area contributed by atoms with Gasteiger partial charge in [-0.2, -0.15) is 0 Å². The standard InChI is InChI=1S/C19H21N3O3/c23-18(22-10-8-13-4-1-2-6-16(13)22)12-20-19(24)21-15-5-3-7-17-14(15)9-11-25-17/h1-2,4,6,9,11,15H,3,5,7-8,10,12H2,(H2,20,21,24). The maximum atomic E-state index is 12.4. The first kappa shape index (κ1) is 15.7. The molecule has 0 bridgehead atoms. The number of anilines is 1. The summed E-state index contributed by atoms with van der Waals surface area (Å²) in [5.74, 6) is 0.856. The number of hydrogen-bond acceptors (Lipinski definition) is 3. The third kappa shape index (κ3) is 3.12.